The molecule has 446 valence electrons. The van der Waals surface area contributed by atoms with Gasteiger partial charge in [-0.25, -0.2) is 30.0 Å². The quantitative estimate of drug-likeness (QED) is 0.0192. The number of hydrogen-bond donors (Lipinski definition) is 1. The predicted molar refractivity (Wildman–Crippen MR) is 285 cm³/mol. The molecule has 0 saturated carbocycles. The largest absolute Gasteiger partial charge is 1.00 e. The van der Waals surface area contributed by atoms with Crippen LogP contribution in [0.5, 0.6) is 0 Å². The van der Waals surface area contributed by atoms with E-state index >= 15 is 0 Å². The molecule has 0 amide bonds. The molecule has 79 heavy (non-hydrogen) atoms. The van der Waals surface area contributed by atoms with E-state index < -0.39 is 99.0 Å². The Balaban J connectivity index is -0.00000937. The van der Waals surface area contributed by atoms with Crippen LogP contribution in [0.3, 0.4) is 0 Å². The van der Waals surface area contributed by atoms with Gasteiger partial charge < -0.3 is 47.2 Å². The average Bonchev–Trinajstić information content (AvgIpc) is 3.33. The van der Waals surface area contributed by atoms with Gasteiger partial charge in [-0.15, -0.1) is 0 Å². The summed E-state index contributed by atoms with van der Waals surface area (Å²) in [7, 11) is -13.6. The third-order valence-corrected chi connectivity index (χ3v) is 17.0. The maximum absolute atomic E-state index is 13.2. The first-order valence-electron chi connectivity index (χ1n) is 26.5. The summed E-state index contributed by atoms with van der Waals surface area (Å²) in [5.41, 5.74) is -2.48. The molecule has 0 aliphatic carbocycles. The minimum absolute atomic E-state index is 0. The second-order valence-corrected chi connectivity index (χ2v) is 28.1. The van der Waals surface area contributed by atoms with Crippen LogP contribution < -0.4 is 88.7 Å². The van der Waals surface area contributed by atoms with Crippen LogP contribution in [0.1, 0.15) is 205 Å². The van der Waals surface area contributed by atoms with Crippen molar-refractivity contribution in [2.24, 2.45) is 0 Å². The summed E-state index contributed by atoms with van der Waals surface area (Å²) < 4.78 is 126. The number of aliphatic hydroxyl groups is 1. The molecule has 0 aliphatic heterocycles. The number of unbranched alkanes of at least 4 members (excludes halogenated alkanes) is 27. The minimum atomic E-state index is -4.54. The maximum atomic E-state index is 13.2. The van der Waals surface area contributed by atoms with E-state index in [4.69, 9.17) is 28.4 Å². The van der Waals surface area contributed by atoms with Crippen molar-refractivity contribution < 1.29 is 190 Å². The molecule has 0 aliphatic rings. The first-order chi connectivity index (χ1) is 36.0. The molecular formula is C48H83Na3O22S6. The van der Waals surface area contributed by atoms with Gasteiger partial charge in [-0.1, -0.05) is 154 Å². The zero-order valence-electron chi connectivity index (χ0n) is 47.0. The van der Waals surface area contributed by atoms with Gasteiger partial charge in [-0.05, 0) is 70.9 Å². The van der Waals surface area contributed by atoms with Crippen molar-refractivity contribution in [2.45, 2.75) is 211 Å². The fourth-order valence-electron chi connectivity index (χ4n) is 7.36. The van der Waals surface area contributed by atoms with Gasteiger partial charge in [-0.2, -0.15) is 0 Å². The van der Waals surface area contributed by atoms with Crippen LogP contribution in [0.2, 0.25) is 0 Å². The molecule has 31 heteroatoms. The molecule has 0 aromatic carbocycles. The molecule has 0 saturated heterocycles. The van der Waals surface area contributed by atoms with Crippen molar-refractivity contribution in [1.29, 1.82) is 0 Å². The number of hydrogen-bond acceptors (Lipinski definition) is 25. The van der Waals surface area contributed by atoms with Gasteiger partial charge in [0.2, 0.25) is 0 Å². The number of esters is 6. The van der Waals surface area contributed by atoms with E-state index in [1.165, 1.54) is 0 Å². The Hall–Kier alpha value is 0.560. The Labute approximate surface area is 547 Å². The molecule has 1 N–H and O–H groups in total. The third-order valence-electron chi connectivity index (χ3n) is 11.4. The van der Waals surface area contributed by atoms with Crippen LogP contribution in [0, 0.1) is 0 Å². The fraction of sp³-hybridized carbons (Fsp3) is 0.875. The van der Waals surface area contributed by atoms with Crippen molar-refractivity contribution in [3.05, 3.63) is 0 Å². The number of ether oxygens (including phenoxy) is 6. The topological polar surface area (TPSA) is 350 Å². The van der Waals surface area contributed by atoms with Gasteiger partial charge in [0.15, 0.2) is 5.60 Å². The number of rotatable bonds is 53. The summed E-state index contributed by atoms with van der Waals surface area (Å²) in [5.74, 6) is -6.60. The third kappa shape index (κ3) is 62.9. The van der Waals surface area contributed by atoms with Crippen LogP contribution in [-0.2, 0) is 84.6 Å². The maximum Gasteiger partial charge on any atom is 1.00 e. The molecule has 0 heterocycles. The Morgan fingerprint density at radius 1 is 0.304 bits per heavy atom. The zero-order chi connectivity index (χ0) is 56.8. The van der Waals surface area contributed by atoms with Crippen LogP contribution in [0.4, 0.5) is 0 Å². The molecule has 0 aromatic heterocycles. The van der Waals surface area contributed by atoms with E-state index in [2.05, 4.69) is 0 Å². The molecule has 0 rings (SSSR count). The Kier molecular flexibility index (Phi) is 60.1. The van der Waals surface area contributed by atoms with Crippen molar-refractivity contribution in [2.75, 3.05) is 56.9 Å². The van der Waals surface area contributed by atoms with Gasteiger partial charge in [-0.3, -0.25) is 24.0 Å². The van der Waals surface area contributed by atoms with Crippen LogP contribution >= 0.6 is 32.4 Å². The smallest absolute Gasteiger partial charge is 0.739 e. The van der Waals surface area contributed by atoms with Crippen molar-refractivity contribution in [3.8, 4) is 0 Å². The number of carbonyl (C=O) groups excluding carboxylic acids is 6. The van der Waals surface area contributed by atoms with E-state index in [0.29, 0.717) is 38.5 Å². The van der Waals surface area contributed by atoms with Gasteiger partial charge in [0.05, 0.1) is 52.5 Å². The zero-order valence-corrected chi connectivity index (χ0v) is 57.9. The van der Waals surface area contributed by atoms with Gasteiger partial charge in [0.1, 0.15) is 44.7 Å². The second kappa shape index (κ2) is 55.2. The van der Waals surface area contributed by atoms with E-state index in [9.17, 15) is 72.8 Å². The minimum Gasteiger partial charge on any atom is -0.739 e. The molecule has 0 bridgehead atoms. The molecule has 0 radical (unpaired) electrons. The van der Waals surface area contributed by atoms with Gasteiger partial charge >= 0.3 is 124 Å². The molecule has 22 nitrogen and oxygen atoms in total. The summed E-state index contributed by atoms with van der Waals surface area (Å²) in [6.07, 6.45) is 24.4. The molecule has 0 aromatic rings. The van der Waals surface area contributed by atoms with Gasteiger partial charge in [0, 0.05) is 0 Å². The molecular weight excluding hydrogens is 1190 g/mol. The Morgan fingerprint density at radius 3 is 0.658 bits per heavy atom. The normalized spacial score (nSPS) is 11.5. The fourth-order valence-corrected chi connectivity index (χ4v) is 10.5. The SMILES string of the molecule is O=C(CSS(=O)(=O)[O-])OCCCCCCCCCCCCOC(=O)CC(O)(CC(=O)OCCCCCCCCCCCCOC(=O)CSS(=O)(=O)[O-])C(=O)OCCCCCCCCCCCCOC(=O)CSS(=O)(=O)[O-].[Na+].[Na+].[Na+]. The summed E-state index contributed by atoms with van der Waals surface area (Å²) in [6.45, 7) is 0.635. The van der Waals surface area contributed by atoms with E-state index in [-0.39, 0.29) is 161 Å². The van der Waals surface area contributed by atoms with E-state index in [1.807, 2.05) is 0 Å². The van der Waals surface area contributed by atoms with Gasteiger partial charge in [0.25, 0.3) is 0 Å². The standard InChI is InChI=1S/C48H86O22S6.3Na/c49-42(65-31-25-19-13-7-1-3-9-15-21-27-33-67-44(51)39-71-74(56,57)58)37-48(55,47(54)70-36-30-24-18-12-6-5-11-17-23-29-35-69-46(53)41-73-76(62,63)64)38-43(50)66-32-26-20-14-8-2-4-10-16-22-28-34-68-45(52)40-72-75(59,60)61;;;/h55H,1-41H2,(H,56,57,58)(H,59,60,61)(H,62,63,64);;;/q;3*+1/p-3. The first kappa shape index (κ1) is 86.0. The summed E-state index contributed by atoms with van der Waals surface area (Å²) in [5, 5.41) is 11.4. The van der Waals surface area contributed by atoms with Crippen molar-refractivity contribution in [3.63, 3.8) is 0 Å². The van der Waals surface area contributed by atoms with Crippen LogP contribution in [-0.4, -0.2) is 142 Å². The Bertz CT molecular complexity index is 1860. The second-order valence-electron chi connectivity index (χ2n) is 18.2. The summed E-state index contributed by atoms with van der Waals surface area (Å²) in [4.78, 5) is 73.3. The van der Waals surface area contributed by atoms with Crippen molar-refractivity contribution >= 4 is 95.6 Å². The monoisotopic (exact) mass is 1270 g/mol. The molecule has 0 unspecified atom stereocenters. The average molecular weight is 1270 g/mol. The summed E-state index contributed by atoms with van der Waals surface area (Å²) in [6, 6.07) is 0. The van der Waals surface area contributed by atoms with Crippen molar-refractivity contribution in [1.82, 2.24) is 0 Å². The van der Waals surface area contributed by atoms with Crippen LogP contribution in [0.25, 0.3) is 0 Å². The van der Waals surface area contributed by atoms with E-state index in [0.717, 1.165) is 154 Å². The molecule has 0 atom stereocenters. The molecule has 0 spiro atoms. The van der Waals surface area contributed by atoms with E-state index in [1.54, 1.807) is 0 Å². The number of carbonyl (C=O) groups is 6. The van der Waals surface area contributed by atoms with Crippen LogP contribution in [0.15, 0.2) is 0 Å². The predicted octanol–water partition coefficient (Wildman–Crippen LogP) is -0.948. The molecule has 0 fully saturated rings. The summed E-state index contributed by atoms with van der Waals surface area (Å²) >= 11 is 0. The Morgan fingerprint density at radius 2 is 0.468 bits per heavy atom. The first-order valence-corrected chi connectivity index (χ1v) is 35.2.